The molecule has 0 atom stereocenters. The molecule has 4 aromatic rings. The number of aryl methyl sites for hydroxylation is 2. The number of nitrogens with zero attached hydrogens (tertiary/aromatic N) is 3. The molecule has 0 saturated carbocycles. The molecule has 7 heteroatoms. The van der Waals surface area contributed by atoms with Crippen molar-refractivity contribution in [2.24, 2.45) is 0 Å². The summed E-state index contributed by atoms with van der Waals surface area (Å²) in [7, 11) is 0. The molecular formula is C23H19N3O3S. The van der Waals surface area contributed by atoms with Gasteiger partial charge >= 0.3 is 0 Å². The molecule has 6 nitrogen and oxygen atoms in total. The first kappa shape index (κ1) is 19.8. The number of fused-ring (bicyclic) bond motifs is 1. The number of aromatic nitrogens is 2. The van der Waals surface area contributed by atoms with E-state index in [-0.39, 0.29) is 17.2 Å². The maximum absolute atomic E-state index is 12.6. The third-order valence-electron chi connectivity index (χ3n) is 4.82. The van der Waals surface area contributed by atoms with Gasteiger partial charge in [-0.05, 0) is 36.2 Å². The maximum Gasteiger partial charge on any atom is 0.269 e. The van der Waals surface area contributed by atoms with Crippen LogP contribution in [0.1, 0.15) is 15.9 Å². The molecule has 4 rings (SSSR count). The Morgan fingerprint density at radius 3 is 2.40 bits per heavy atom. The van der Waals surface area contributed by atoms with E-state index in [1.807, 2.05) is 42.5 Å². The zero-order valence-electron chi connectivity index (χ0n) is 16.1. The molecule has 3 aromatic carbocycles. The Morgan fingerprint density at radius 2 is 1.67 bits per heavy atom. The summed E-state index contributed by atoms with van der Waals surface area (Å²) in [6, 6.07) is 23.9. The Balaban J connectivity index is 1.51. The average Bonchev–Trinajstić information content (AvgIpc) is 3.14. The van der Waals surface area contributed by atoms with Crippen LogP contribution in [0.5, 0.6) is 0 Å². The molecule has 1 heterocycles. The van der Waals surface area contributed by atoms with Gasteiger partial charge in [-0.25, -0.2) is 4.98 Å². The Bertz CT molecular complexity index is 1190. The van der Waals surface area contributed by atoms with Gasteiger partial charge in [0.05, 0.1) is 21.7 Å². The Labute approximate surface area is 177 Å². The number of para-hydroxylation sites is 2. The summed E-state index contributed by atoms with van der Waals surface area (Å²) in [6.45, 7) is 0.762. The molecule has 0 saturated heterocycles. The van der Waals surface area contributed by atoms with Crippen LogP contribution >= 0.6 is 11.8 Å². The fourth-order valence-corrected chi connectivity index (χ4v) is 4.18. The number of Topliss-reactive ketones (excluding diaryl/α,β-unsaturated/α-hetero) is 1. The zero-order valence-corrected chi connectivity index (χ0v) is 16.9. The summed E-state index contributed by atoms with van der Waals surface area (Å²) in [6.07, 6.45) is 0.866. The molecule has 0 aliphatic rings. The van der Waals surface area contributed by atoms with Crippen LogP contribution in [0, 0.1) is 10.1 Å². The summed E-state index contributed by atoms with van der Waals surface area (Å²) in [4.78, 5) is 27.6. The number of carbonyl (C=O) groups is 1. The number of hydrogen-bond donors (Lipinski definition) is 0. The molecule has 1 aromatic heterocycles. The number of hydrogen-bond acceptors (Lipinski definition) is 5. The van der Waals surface area contributed by atoms with E-state index in [1.54, 1.807) is 0 Å². The van der Waals surface area contributed by atoms with Gasteiger partial charge in [-0.1, -0.05) is 54.2 Å². The van der Waals surface area contributed by atoms with Crippen molar-refractivity contribution in [3.8, 4) is 0 Å². The Hall–Kier alpha value is -3.45. The largest absolute Gasteiger partial charge is 0.319 e. The van der Waals surface area contributed by atoms with Crippen molar-refractivity contribution in [3.05, 3.63) is 100 Å². The first-order valence-corrected chi connectivity index (χ1v) is 10.5. The van der Waals surface area contributed by atoms with Crippen LogP contribution in [0.2, 0.25) is 0 Å². The van der Waals surface area contributed by atoms with Crippen LogP contribution < -0.4 is 0 Å². The molecule has 0 aliphatic carbocycles. The fraction of sp³-hybridized carbons (Fsp3) is 0.130. The highest BCUT2D eigenvalue weighted by Gasteiger charge is 2.15. The second-order valence-corrected chi connectivity index (χ2v) is 7.73. The standard InChI is InChI=1S/C23H19N3O3S/c27-22(18-10-12-19(13-11-18)26(28)29)16-30-23-24-20-8-4-5-9-21(20)25(23)15-14-17-6-2-1-3-7-17/h1-13H,14-16H2. The number of nitro benzene ring substituents is 1. The molecule has 150 valence electrons. The van der Waals surface area contributed by atoms with Gasteiger partial charge in [-0.3, -0.25) is 14.9 Å². The molecule has 0 spiro atoms. The number of benzene rings is 3. The molecule has 0 aliphatic heterocycles. The van der Waals surface area contributed by atoms with Gasteiger partial charge < -0.3 is 4.57 Å². The maximum atomic E-state index is 12.6. The monoisotopic (exact) mass is 417 g/mol. The summed E-state index contributed by atoms with van der Waals surface area (Å²) in [5, 5.41) is 11.6. The Kier molecular flexibility index (Phi) is 5.90. The number of ketones is 1. The molecule has 0 unspecified atom stereocenters. The summed E-state index contributed by atoms with van der Waals surface area (Å²) >= 11 is 1.39. The molecule has 0 bridgehead atoms. The quantitative estimate of drug-likeness (QED) is 0.171. The lowest BCUT2D eigenvalue weighted by molar-refractivity contribution is -0.384. The van der Waals surface area contributed by atoms with E-state index >= 15 is 0 Å². The summed E-state index contributed by atoms with van der Waals surface area (Å²) in [5.41, 5.74) is 3.62. The fourth-order valence-electron chi connectivity index (χ4n) is 3.25. The van der Waals surface area contributed by atoms with Crippen LogP contribution in [0.25, 0.3) is 11.0 Å². The molecule has 30 heavy (non-hydrogen) atoms. The van der Waals surface area contributed by atoms with E-state index in [0.717, 1.165) is 29.2 Å². The minimum atomic E-state index is -0.474. The lowest BCUT2D eigenvalue weighted by Crippen LogP contribution is -2.06. The second-order valence-electron chi connectivity index (χ2n) is 6.79. The lowest BCUT2D eigenvalue weighted by atomic mass is 10.1. The lowest BCUT2D eigenvalue weighted by Gasteiger charge is -2.09. The highest BCUT2D eigenvalue weighted by molar-refractivity contribution is 7.99. The molecular weight excluding hydrogens is 398 g/mol. The van der Waals surface area contributed by atoms with Gasteiger partial charge in [0, 0.05) is 24.2 Å². The van der Waals surface area contributed by atoms with Crippen molar-refractivity contribution in [2.75, 3.05) is 5.75 Å². The van der Waals surface area contributed by atoms with Crippen molar-refractivity contribution in [3.63, 3.8) is 0 Å². The predicted molar refractivity (Wildman–Crippen MR) is 118 cm³/mol. The van der Waals surface area contributed by atoms with Gasteiger partial charge in [0.25, 0.3) is 5.69 Å². The van der Waals surface area contributed by atoms with Gasteiger partial charge in [0.2, 0.25) is 0 Å². The number of carbonyl (C=O) groups excluding carboxylic acids is 1. The van der Waals surface area contributed by atoms with Crippen LogP contribution in [0.4, 0.5) is 5.69 Å². The molecule has 0 fully saturated rings. The number of thioether (sulfide) groups is 1. The van der Waals surface area contributed by atoms with Crippen LogP contribution in [0.15, 0.2) is 84.0 Å². The van der Waals surface area contributed by atoms with E-state index in [2.05, 4.69) is 16.7 Å². The van der Waals surface area contributed by atoms with Crippen molar-refractivity contribution >= 4 is 34.3 Å². The summed E-state index contributed by atoms with van der Waals surface area (Å²) < 4.78 is 2.15. The van der Waals surface area contributed by atoms with Crippen LogP contribution in [-0.2, 0) is 13.0 Å². The minimum Gasteiger partial charge on any atom is -0.319 e. The average molecular weight is 417 g/mol. The topological polar surface area (TPSA) is 78.0 Å². The van der Waals surface area contributed by atoms with E-state index in [1.165, 1.54) is 41.6 Å². The van der Waals surface area contributed by atoms with Crippen molar-refractivity contribution < 1.29 is 9.72 Å². The molecule has 0 amide bonds. The number of imidazole rings is 1. The third-order valence-corrected chi connectivity index (χ3v) is 5.80. The first-order valence-electron chi connectivity index (χ1n) is 9.51. The van der Waals surface area contributed by atoms with Gasteiger partial charge in [0.1, 0.15) is 0 Å². The van der Waals surface area contributed by atoms with E-state index in [9.17, 15) is 14.9 Å². The third kappa shape index (κ3) is 4.41. The summed E-state index contributed by atoms with van der Waals surface area (Å²) in [5.74, 6) is 0.128. The number of nitro groups is 1. The second kappa shape index (κ2) is 8.92. The Morgan fingerprint density at radius 1 is 0.967 bits per heavy atom. The van der Waals surface area contributed by atoms with Crippen LogP contribution in [0.3, 0.4) is 0 Å². The minimum absolute atomic E-state index is 0.0260. The molecule has 0 radical (unpaired) electrons. The number of rotatable bonds is 8. The van der Waals surface area contributed by atoms with E-state index in [4.69, 9.17) is 4.98 Å². The van der Waals surface area contributed by atoms with E-state index in [0.29, 0.717) is 5.56 Å². The SMILES string of the molecule is O=C(CSc1nc2ccccc2n1CCc1ccccc1)c1ccc([N+](=O)[O-])cc1. The highest BCUT2D eigenvalue weighted by atomic mass is 32.2. The number of non-ortho nitro benzene ring substituents is 1. The van der Waals surface area contributed by atoms with Crippen molar-refractivity contribution in [1.29, 1.82) is 0 Å². The zero-order chi connectivity index (χ0) is 20.9. The van der Waals surface area contributed by atoms with E-state index < -0.39 is 4.92 Å². The van der Waals surface area contributed by atoms with Crippen LogP contribution in [-0.4, -0.2) is 26.0 Å². The van der Waals surface area contributed by atoms with Gasteiger partial charge in [-0.2, -0.15) is 0 Å². The first-order chi connectivity index (χ1) is 14.6. The van der Waals surface area contributed by atoms with Gasteiger partial charge in [0.15, 0.2) is 10.9 Å². The van der Waals surface area contributed by atoms with Crippen molar-refractivity contribution in [1.82, 2.24) is 9.55 Å². The van der Waals surface area contributed by atoms with Crippen molar-refractivity contribution in [2.45, 2.75) is 18.1 Å². The smallest absolute Gasteiger partial charge is 0.269 e. The normalized spacial score (nSPS) is 10.9. The molecule has 0 N–H and O–H groups in total. The van der Waals surface area contributed by atoms with Gasteiger partial charge in [-0.15, -0.1) is 0 Å². The predicted octanol–water partition coefficient (Wildman–Crippen LogP) is 5.16. The highest BCUT2D eigenvalue weighted by Crippen LogP contribution is 2.25.